The first-order chi connectivity index (χ1) is 13.7. The molecule has 0 unspecified atom stereocenters. The minimum Gasteiger partial charge on any atom is -0.325 e. The lowest BCUT2D eigenvalue weighted by molar-refractivity contribution is 0.250. The van der Waals surface area contributed by atoms with Crippen LogP contribution < -0.4 is 10.6 Å². The van der Waals surface area contributed by atoms with Crippen LogP contribution in [-0.2, 0) is 13.1 Å². The number of nitrogens with one attached hydrogen (secondary N) is 2. The first kappa shape index (κ1) is 19.5. The van der Waals surface area contributed by atoms with Crippen LogP contribution in [0, 0.1) is 0 Å². The van der Waals surface area contributed by atoms with Crippen molar-refractivity contribution in [3.8, 4) is 0 Å². The lowest BCUT2D eigenvalue weighted by atomic mass is 9.96. The number of hydrogen-bond acceptors (Lipinski definition) is 3. The van der Waals surface area contributed by atoms with E-state index in [1.807, 2.05) is 24.3 Å². The van der Waals surface area contributed by atoms with Gasteiger partial charge in [-0.15, -0.1) is 0 Å². The molecule has 0 bridgehead atoms. The van der Waals surface area contributed by atoms with Crippen molar-refractivity contribution in [2.24, 2.45) is 0 Å². The van der Waals surface area contributed by atoms with E-state index in [9.17, 15) is 9.18 Å². The van der Waals surface area contributed by atoms with E-state index < -0.39 is 12.7 Å². The maximum absolute atomic E-state index is 12.9. The third kappa shape index (κ3) is 4.91. The van der Waals surface area contributed by atoms with E-state index in [1.165, 1.54) is 0 Å². The average molecular weight is 378 g/mol. The Hall–Kier alpha value is -3.28. The Morgan fingerprint density at radius 2 is 1.89 bits per heavy atom. The van der Waals surface area contributed by atoms with Gasteiger partial charge in [-0.1, -0.05) is 43.7 Å². The summed E-state index contributed by atoms with van der Waals surface area (Å²) in [5, 5.41) is 5.79. The van der Waals surface area contributed by atoms with Crippen LogP contribution in [0.5, 0.6) is 0 Å². The van der Waals surface area contributed by atoms with E-state index >= 15 is 0 Å². The molecule has 1 aromatic carbocycles. The van der Waals surface area contributed by atoms with Crippen molar-refractivity contribution in [1.82, 2.24) is 15.3 Å². The molecule has 0 aliphatic rings. The number of benzene rings is 1. The van der Waals surface area contributed by atoms with E-state index in [4.69, 9.17) is 0 Å². The van der Waals surface area contributed by atoms with Crippen molar-refractivity contribution in [2.45, 2.75) is 32.5 Å². The molecule has 0 aliphatic heterocycles. The van der Waals surface area contributed by atoms with Crippen LogP contribution in [0.3, 0.4) is 0 Å². The second kappa shape index (κ2) is 9.60. The molecule has 1 atom stereocenters. The molecule has 5 nitrogen and oxygen atoms in total. The van der Waals surface area contributed by atoms with E-state index in [1.54, 1.807) is 42.9 Å². The number of aromatic nitrogens is 2. The van der Waals surface area contributed by atoms with E-state index in [2.05, 4.69) is 27.5 Å². The molecule has 6 heteroatoms. The number of carbonyl (C=O) groups excluding carboxylic acids is 1. The summed E-state index contributed by atoms with van der Waals surface area (Å²) in [5.41, 5.74) is 3.90. The van der Waals surface area contributed by atoms with Crippen molar-refractivity contribution >= 4 is 11.7 Å². The minimum atomic E-state index is -0.523. The fourth-order valence-electron chi connectivity index (χ4n) is 3.04. The summed E-state index contributed by atoms with van der Waals surface area (Å²) in [6.07, 6.45) is 6.76. The highest BCUT2D eigenvalue weighted by molar-refractivity contribution is 5.89. The molecule has 28 heavy (non-hydrogen) atoms. The molecule has 0 spiro atoms. The number of halogens is 1. The predicted molar refractivity (Wildman–Crippen MR) is 108 cm³/mol. The molecule has 2 heterocycles. The van der Waals surface area contributed by atoms with E-state index in [0.29, 0.717) is 11.3 Å². The lowest BCUT2D eigenvalue weighted by Crippen LogP contribution is -2.34. The van der Waals surface area contributed by atoms with Gasteiger partial charge < -0.3 is 10.6 Å². The number of amides is 2. The summed E-state index contributed by atoms with van der Waals surface area (Å²) >= 11 is 0. The van der Waals surface area contributed by atoms with Gasteiger partial charge in [0.25, 0.3) is 0 Å². The lowest BCUT2D eigenvalue weighted by Gasteiger charge is -2.22. The van der Waals surface area contributed by atoms with Gasteiger partial charge in [0.1, 0.15) is 6.67 Å². The van der Waals surface area contributed by atoms with Gasteiger partial charge in [-0.2, -0.15) is 0 Å². The summed E-state index contributed by atoms with van der Waals surface area (Å²) in [6.45, 7) is 1.58. The van der Waals surface area contributed by atoms with Crippen molar-refractivity contribution in [2.75, 3.05) is 5.32 Å². The highest BCUT2D eigenvalue weighted by atomic mass is 19.1. The van der Waals surface area contributed by atoms with Crippen LogP contribution in [0.25, 0.3) is 0 Å². The maximum Gasteiger partial charge on any atom is 0.320 e. The Morgan fingerprint density at radius 1 is 1.11 bits per heavy atom. The fourth-order valence-corrected chi connectivity index (χ4v) is 3.04. The molecule has 144 valence electrons. The molecule has 2 amide bonds. The second-order valence-corrected chi connectivity index (χ2v) is 6.45. The number of carbonyl (C=O) groups is 1. The Bertz CT molecular complexity index is 900. The predicted octanol–water partition coefficient (Wildman–Crippen LogP) is 4.81. The number of aryl methyl sites for hydroxylation is 1. The summed E-state index contributed by atoms with van der Waals surface area (Å²) in [7, 11) is 0. The number of pyridine rings is 2. The van der Waals surface area contributed by atoms with Gasteiger partial charge in [0.05, 0.1) is 23.6 Å². The van der Waals surface area contributed by atoms with Crippen molar-refractivity contribution in [1.29, 1.82) is 0 Å². The van der Waals surface area contributed by atoms with Crippen LogP contribution in [0.15, 0.2) is 67.1 Å². The van der Waals surface area contributed by atoms with E-state index in [-0.39, 0.29) is 6.03 Å². The molecule has 2 N–H and O–H groups in total. The highest BCUT2D eigenvalue weighted by Crippen LogP contribution is 2.25. The van der Waals surface area contributed by atoms with Crippen molar-refractivity contribution < 1.29 is 9.18 Å². The second-order valence-electron chi connectivity index (χ2n) is 6.45. The Morgan fingerprint density at radius 3 is 2.57 bits per heavy atom. The Balaban J connectivity index is 1.91. The normalized spacial score (nSPS) is 11.6. The van der Waals surface area contributed by atoms with Crippen LogP contribution in [-0.4, -0.2) is 16.0 Å². The molecular formula is C22H23FN4O. The highest BCUT2D eigenvalue weighted by Gasteiger charge is 2.21. The molecule has 0 radical (unpaired) electrons. The van der Waals surface area contributed by atoms with Crippen LogP contribution in [0.4, 0.5) is 14.9 Å². The van der Waals surface area contributed by atoms with Crippen LogP contribution >= 0.6 is 0 Å². The summed E-state index contributed by atoms with van der Waals surface area (Å²) in [6, 6.07) is 13.7. The van der Waals surface area contributed by atoms with Crippen molar-refractivity contribution in [3.63, 3.8) is 0 Å². The standard InChI is InChI=1S/C22H23FN4O/c1-2-5-17-6-3-13-25-20(17)21(18-10-8-16(14-23)9-11-18)27-22(28)26-19-7-4-12-24-15-19/h3-4,6-13,15,21H,2,5,14H2,1H3,(H2,26,27,28)/t21-/m0/s1. The maximum atomic E-state index is 12.9. The largest absolute Gasteiger partial charge is 0.325 e. The number of hydrogen-bond donors (Lipinski definition) is 2. The third-order valence-corrected chi connectivity index (χ3v) is 4.38. The molecule has 0 saturated carbocycles. The number of nitrogens with zero attached hydrogens (tertiary/aromatic N) is 2. The zero-order valence-corrected chi connectivity index (χ0v) is 15.7. The quantitative estimate of drug-likeness (QED) is 0.620. The molecule has 0 saturated heterocycles. The topological polar surface area (TPSA) is 66.9 Å². The van der Waals surface area contributed by atoms with Gasteiger partial charge in [-0.05, 0) is 41.3 Å². The average Bonchev–Trinajstić information content (AvgIpc) is 2.74. The van der Waals surface area contributed by atoms with E-state index in [0.717, 1.165) is 29.7 Å². The number of rotatable bonds is 7. The monoisotopic (exact) mass is 378 g/mol. The van der Waals surface area contributed by atoms with Crippen molar-refractivity contribution in [3.05, 3.63) is 89.5 Å². The minimum absolute atomic E-state index is 0.360. The van der Waals surface area contributed by atoms with Gasteiger partial charge >= 0.3 is 6.03 Å². The van der Waals surface area contributed by atoms with Crippen LogP contribution in [0.2, 0.25) is 0 Å². The van der Waals surface area contributed by atoms with Gasteiger partial charge in [-0.3, -0.25) is 9.97 Å². The zero-order chi connectivity index (χ0) is 19.8. The first-order valence-electron chi connectivity index (χ1n) is 9.27. The third-order valence-electron chi connectivity index (χ3n) is 4.38. The first-order valence-corrected chi connectivity index (χ1v) is 9.27. The molecule has 0 fully saturated rings. The number of urea groups is 1. The molecule has 2 aromatic heterocycles. The van der Waals surface area contributed by atoms with Gasteiger partial charge in [0.2, 0.25) is 0 Å². The molecular weight excluding hydrogens is 355 g/mol. The van der Waals surface area contributed by atoms with Gasteiger partial charge in [0, 0.05) is 12.4 Å². The molecule has 0 aliphatic carbocycles. The smallest absolute Gasteiger partial charge is 0.320 e. The molecule has 3 rings (SSSR count). The number of anilines is 1. The summed E-state index contributed by atoms with van der Waals surface area (Å²) in [4.78, 5) is 21.2. The van der Waals surface area contributed by atoms with Crippen LogP contribution in [0.1, 0.15) is 41.8 Å². The molecule has 3 aromatic rings. The zero-order valence-electron chi connectivity index (χ0n) is 15.7. The van der Waals surface area contributed by atoms with Gasteiger partial charge in [-0.25, -0.2) is 9.18 Å². The number of alkyl halides is 1. The Kier molecular flexibility index (Phi) is 6.68. The van der Waals surface area contributed by atoms with Gasteiger partial charge in [0.15, 0.2) is 0 Å². The summed E-state index contributed by atoms with van der Waals surface area (Å²) in [5.74, 6) is 0. The Labute approximate surface area is 164 Å². The SMILES string of the molecule is CCCc1cccnc1[C@@H](NC(=O)Nc1cccnc1)c1ccc(CF)cc1. The summed E-state index contributed by atoms with van der Waals surface area (Å²) < 4.78 is 12.9. The fraction of sp³-hybridized carbons (Fsp3) is 0.227.